The van der Waals surface area contributed by atoms with Crippen LogP contribution in [0.25, 0.3) is 0 Å². The minimum atomic E-state index is -1.49. The van der Waals surface area contributed by atoms with Gasteiger partial charge in [-0.1, -0.05) is 30.3 Å². The largest absolute Gasteiger partial charge is 0.480 e. The number of carbonyl (C=O) groups excluding carboxylic acids is 2. The van der Waals surface area contributed by atoms with Gasteiger partial charge in [-0.05, 0) is 12.5 Å². The quantitative estimate of drug-likeness (QED) is 0.299. The lowest BCUT2D eigenvalue weighted by atomic mass is 10.0. The molecule has 0 aromatic heterocycles. The van der Waals surface area contributed by atoms with Gasteiger partial charge in [0.15, 0.2) is 0 Å². The molecular formula is C16H23N3O6. The zero-order chi connectivity index (χ0) is 19.0. The predicted molar refractivity (Wildman–Crippen MR) is 88.4 cm³/mol. The second kappa shape index (κ2) is 9.72. The monoisotopic (exact) mass is 353 g/mol. The first kappa shape index (κ1) is 20.6. The Morgan fingerprint density at radius 1 is 1.08 bits per heavy atom. The Labute approximate surface area is 144 Å². The van der Waals surface area contributed by atoms with Gasteiger partial charge in [0.2, 0.25) is 11.8 Å². The number of benzene rings is 1. The third-order valence-electron chi connectivity index (χ3n) is 3.54. The van der Waals surface area contributed by atoms with E-state index in [2.05, 4.69) is 10.6 Å². The molecule has 0 aliphatic carbocycles. The summed E-state index contributed by atoms with van der Waals surface area (Å²) >= 11 is 0. The molecule has 0 bridgehead atoms. The maximum Gasteiger partial charge on any atom is 0.328 e. The van der Waals surface area contributed by atoms with Crippen molar-refractivity contribution < 1.29 is 29.7 Å². The number of nitrogens with one attached hydrogen (secondary N) is 2. The van der Waals surface area contributed by atoms with Crippen LogP contribution in [0, 0.1) is 0 Å². The van der Waals surface area contributed by atoms with Crippen molar-refractivity contribution in [3.63, 3.8) is 0 Å². The van der Waals surface area contributed by atoms with Gasteiger partial charge in [-0.3, -0.25) is 9.59 Å². The van der Waals surface area contributed by atoms with Crippen LogP contribution in [0.2, 0.25) is 0 Å². The van der Waals surface area contributed by atoms with E-state index in [-0.39, 0.29) is 6.42 Å². The Morgan fingerprint density at radius 3 is 2.12 bits per heavy atom. The van der Waals surface area contributed by atoms with Crippen molar-refractivity contribution in [2.75, 3.05) is 6.61 Å². The van der Waals surface area contributed by atoms with E-state index in [0.717, 1.165) is 5.56 Å². The highest BCUT2D eigenvalue weighted by Gasteiger charge is 2.28. The van der Waals surface area contributed by atoms with E-state index in [0.29, 0.717) is 0 Å². The van der Waals surface area contributed by atoms with Crippen LogP contribution < -0.4 is 16.4 Å². The fraction of sp³-hybridized carbons (Fsp3) is 0.438. The number of aliphatic hydroxyl groups is 2. The number of aliphatic hydroxyl groups excluding tert-OH is 2. The highest BCUT2D eigenvalue weighted by molar-refractivity contribution is 5.92. The molecule has 0 saturated carbocycles. The Balaban J connectivity index is 2.91. The first-order chi connectivity index (χ1) is 11.8. The van der Waals surface area contributed by atoms with E-state index >= 15 is 0 Å². The van der Waals surface area contributed by atoms with Gasteiger partial charge in [-0.2, -0.15) is 0 Å². The molecule has 4 unspecified atom stereocenters. The summed E-state index contributed by atoms with van der Waals surface area (Å²) in [6.45, 7) is 0.545. The first-order valence-electron chi connectivity index (χ1n) is 7.68. The first-order valence-corrected chi connectivity index (χ1v) is 7.68. The molecule has 1 aromatic carbocycles. The predicted octanol–water partition coefficient (Wildman–Crippen LogP) is -2.02. The van der Waals surface area contributed by atoms with Crippen LogP contribution >= 0.6 is 0 Å². The molecule has 1 rings (SSSR count). The van der Waals surface area contributed by atoms with Crippen molar-refractivity contribution in [1.82, 2.24) is 10.6 Å². The smallest absolute Gasteiger partial charge is 0.328 e. The average Bonchev–Trinajstić information content (AvgIpc) is 2.58. The van der Waals surface area contributed by atoms with Gasteiger partial charge in [0.1, 0.15) is 18.1 Å². The number of amides is 2. The number of hydrogen-bond acceptors (Lipinski definition) is 6. The Hall–Kier alpha value is -2.49. The second-order valence-corrected chi connectivity index (χ2v) is 5.60. The lowest BCUT2D eigenvalue weighted by Crippen LogP contribution is -2.57. The molecule has 0 heterocycles. The fourth-order valence-corrected chi connectivity index (χ4v) is 2.00. The van der Waals surface area contributed by atoms with Gasteiger partial charge >= 0.3 is 5.97 Å². The number of nitrogens with two attached hydrogens (primary N) is 1. The Morgan fingerprint density at radius 2 is 1.64 bits per heavy atom. The summed E-state index contributed by atoms with van der Waals surface area (Å²) in [6, 6.07) is 4.92. The molecule has 4 atom stereocenters. The Bertz CT molecular complexity index is 593. The number of carbonyl (C=O) groups is 3. The van der Waals surface area contributed by atoms with E-state index < -0.39 is 48.6 Å². The summed E-state index contributed by atoms with van der Waals surface area (Å²) in [5.41, 5.74) is 6.28. The summed E-state index contributed by atoms with van der Waals surface area (Å²) in [5, 5.41) is 31.9. The Kier molecular flexibility index (Phi) is 7.99. The van der Waals surface area contributed by atoms with Gasteiger partial charge < -0.3 is 31.7 Å². The minimum absolute atomic E-state index is 0.0860. The highest BCUT2D eigenvalue weighted by Crippen LogP contribution is 2.05. The topological polar surface area (TPSA) is 162 Å². The molecule has 0 saturated heterocycles. The van der Waals surface area contributed by atoms with Gasteiger partial charge in [0.05, 0.1) is 12.7 Å². The summed E-state index contributed by atoms with van der Waals surface area (Å²) in [4.78, 5) is 35.3. The number of rotatable bonds is 9. The standard InChI is InChI=1S/C16H23N3O6/c1-9(21)13(17)15(23)18-11(7-10-5-3-2-4-6-10)14(22)19-12(8-20)16(24)25/h2-6,9,11-13,20-21H,7-8,17H2,1H3,(H,18,23)(H,19,22)(H,24,25). The molecule has 9 heteroatoms. The normalized spacial score (nSPS) is 15.5. The van der Waals surface area contributed by atoms with Crippen LogP contribution in [0.5, 0.6) is 0 Å². The zero-order valence-corrected chi connectivity index (χ0v) is 13.8. The van der Waals surface area contributed by atoms with Crippen molar-refractivity contribution in [3.8, 4) is 0 Å². The van der Waals surface area contributed by atoms with E-state index in [1.807, 2.05) is 0 Å². The van der Waals surface area contributed by atoms with Gasteiger partial charge in [-0.25, -0.2) is 4.79 Å². The van der Waals surface area contributed by atoms with Crippen LogP contribution in [-0.4, -0.2) is 63.9 Å². The van der Waals surface area contributed by atoms with Gasteiger partial charge in [0, 0.05) is 6.42 Å². The van der Waals surface area contributed by atoms with E-state index in [1.54, 1.807) is 30.3 Å². The van der Waals surface area contributed by atoms with Crippen molar-refractivity contribution in [3.05, 3.63) is 35.9 Å². The van der Waals surface area contributed by atoms with Crippen LogP contribution in [0.3, 0.4) is 0 Å². The maximum atomic E-state index is 12.3. The molecule has 1 aromatic rings. The SMILES string of the molecule is CC(O)C(N)C(=O)NC(Cc1ccccc1)C(=O)NC(CO)C(=O)O. The molecule has 7 N–H and O–H groups in total. The minimum Gasteiger partial charge on any atom is -0.480 e. The summed E-state index contributed by atoms with van der Waals surface area (Å²) in [7, 11) is 0. The number of carboxylic acids is 1. The van der Waals surface area contributed by atoms with Crippen LogP contribution in [0.15, 0.2) is 30.3 Å². The molecule has 2 amide bonds. The molecular weight excluding hydrogens is 330 g/mol. The summed E-state index contributed by atoms with van der Waals surface area (Å²) in [6.07, 6.45) is -1.03. The van der Waals surface area contributed by atoms with Crippen LogP contribution in [0.4, 0.5) is 0 Å². The second-order valence-electron chi connectivity index (χ2n) is 5.60. The highest BCUT2D eigenvalue weighted by atomic mass is 16.4. The number of carboxylic acid groups (broad SMARTS) is 1. The van der Waals surface area contributed by atoms with Crippen LogP contribution in [-0.2, 0) is 20.8 Å². The fourth-order valence-electron chi connectivity index (χ4n) is 2.00. The van der Waals surface area contributed by atoms with Crippen LogP contribution in [0.1, 0.15) is 12.5 Å². The number of aliphatic carboxylic acids is 1. The molecule has 0 spiro atoms. The molecule has 0 fully saturated rings. The molecule has 9 nitrogen and oxygen atoms in total. The van der Waals surface area contributed by atoms with Crippen molar-refractivity contribution in [1.29, 1.82) is 0 Å². The lowest BCUT2D eigenvalue weighted by molar-refractivity contribution is -0.143. The van der Waals surface area contributed by atoms with Crippen molar-refractivity contribution >= 4 is 17.8 Å². The number of hydrogen-bond donors (Lipinski definition) is 6. The zero-order valence-electron chi connectivity index (χ0n) is 13.8. The third kappa shape index (κ3) is 6.49. The van der Waals surface area contributed by atoms with E-state index in [4.69, 9.17) is 15.9 Å². The summed E-state index contributed by atoms with van der Waals surface area (Å²) in [5.74, 6) is -2.93. The molecule has 25 heavy (non-hydrogen) atoms. The van der Waals surface area contributed by atoms with E-state index in [9.17, 15) is 19.5 Å². The third-order valence-corrected chi connectivity index (χ3v) is 3.54. The lowest BCUT2D eigenvalue weighted by Gasteiger charge is -2.23. The molecule has 138 valence electrons. The molecule has 0 aliphatic rings. The maximum absolute atomic E-state index is 12.3. The van der Waals surface area contributed by atoms with Crippen molar-refractivity contribution in [2.45, 2.75) is 37.6 Å². The van der Waals surface area contributed by atoms with Gasteiger partial charge in [0.25, 0.3) is 0 Å². The average molecular weight is 353 g/mol. The molecule has 0 aliphatic heterocycles. The van der Waals surface area contributed by atoms with Gasteiger partial charge in [-0.15, -0.1) is 0 Å². The van der Waals surface area contributed by atoms with Crippen molar-refractivity contribution in [2.24, 2.45) is 5.73 Å². The summed E-state index contributed by atoms with van der Waals surface area (Å²) < 4.78 is 0. The van der Waals surface area contributed by atoms with E-state index in [1.165, 1.54) is 6.92 Å². The molecule has 0 radical (unpaired) electrons.